The predicted molar refractivity (Wildman–Crippen MR) is 120 cm³/mol. The fourth-order valence-electron chi connectivity index (χ4n) is 4.62. The number of hydrogen-bond acceptors (Lipinski definition) is 4. The quantitative estimate of drug-likeness (QED) is 0.537. The van der Waals surface area contributed by atoms with Gasteiger partial charge < -0.3 is 19.7 Å². The Morgan fingerprint density at radius 3 is 2.69 bits per heavy atom. The number of carbonyl (C=O) groups is 2. The summed E-state index contributed by atoms with van der Waals surface area (Å²) < 4.78 is 10.7. The highest BCUT2D eigenvalue weighted by Gasteiger charge is 2.32. The molecule has 0 saturated carbocycles. The van der Waals surface area contributed by atoms with Crippen LogP contribution in [0.4, 0.5) is 16.2 Å². The number of hydrogen-bond donors (Lipinski definition) is 1. The fraction of sp³-hybridized carbons (Fsp3) is 0.200. The van der Waals surface area contributed by atoms with Gasteiger partial charge in [0.15, 0.2) is 11.5 Å². The second-order valence-electron chi connectivity index (χ2n) is 8.15. The lowest BCUT2D eigenvalue weighted by molar-refractivity contribution is -0.116. The molecule has 1 fully saturated rings. The van der Waals surface area contributed by atoms with Crippen LogP contribution in [-0.4, -0.2) is 43.3 Å². The van der Waals surface area contributed by atoms with Crippen LogP contribution in [0.5, 0.6) is 11.5 Å². The summed E-state index contributed by atoms with van der Waals surface area (Å²) in [4.78, 5) is 28.8. The van der Waals surface area contributed by atoms with Gasteiger partial charge in [-0.15, -0.1) is 0 Å². The maximum atomic E-state index is 12.9. The van der Waals surface area contributed by atoms with Crippen LogP contribution >= 0.6 is 0 Å². The predicted octanol–water partition coefficient (Wildman–Crippen LogP) is 3.87. The Kier molecular flexibility index (Phi) is 4.28. The van der Waals surface area contributed by atoms with Crippen LogP contribution in [0, 0.1) is 0 Å². The summed E-state index contributed by atoms with van der Waals surface area (Å²) in [5, 5.41) is 2.95. The smallest absolute Gasteiger partial charge is 0.325 e. The van der Waals surface area contributed by atoms with Gasteiger partial charge in [-0.3, -0.25) is 9.69 Å². The second-order valence-corrected chi connectivity index (χ2v) is 8.15. The summed E-state index contributed by atoms with van der Waals surface area (Å²) in [6, 6.07) is 19.6. The standard InChI is InChI=1S/C25H21N3O4/c29-24(26-18-5-7-21-17(12-18)11-16-3-1-2-4-20(16)21)14-27-9-10-28(25(27)30)19-6-8-22-23(13-19)32-15-31-22/h1-8,12-13H,9-11,14-15H2,(H,26,29). The first-order valence-electron chi connectivity index (χ1n) is 10.6. The molecule has 3 aromatic carbocycles. The number of carbonyl (C=O) groups excluding carboxylic acids is 2. The summed E-state index contributed by atoms with van der Waals surface area (Å²) in [5.41, 5.74) is 6.47. The average molecular weight is 427 g/mol. The summed E-state index contributed by atoms with van der Waals surface area (Å²) in [6.45, 7) is 1.20. The Hall–Kier alpha value is -4.00. The Balaban J connectivity index is 1.11. The Morgan fingerprint density at radius 2 is 1.75 bits per heavy atom. The van der Waals surface area contributed by atoms with Crippen molar-refractivity contribution in [3.05, 3.63) is 71.8 Å². The maximum absolute atomic E-state index is 12.9. The van der Waals surface area contributed by atoms with Crippen molar-refractivity contribution in [2.24, 2.45) is 0 Å². The van der Waals surface area contributed by atoms with Crippen LogP contribution < -0.4 is 19.7 Å². The number of nitrogens with zero attached hydrogens (tertiary/aromatic N) is 2. The molecule has 2 heterocycles. The average Bonchev–Trinajstić information content (AvgIpc) is 3.50. The monoisotopic (exact) mass is 427 g/mol. The molecule has 7 nitrogen and oxygen atoms in total. The summed E-state index contributed by atoms with van der Waals surface area (Å²) in [6.07, 6.45) is 0.865. The van der Waals surface area contributed by atoms with E-state index in [4.69, 9.17) is 9.47 Å². The molecule has 1 N–H and O–H groups in total. The number of anilines is 2. The van der Waals surface area contributed by atoms with Gasteiger partial charge in [-0.05, 0) is 52.9 Å². The van der Waals surface area contributed by atoms with E-state index in [2.05, 4.69) is 23.5 Å². The third-order valence-electron chi connectivity index (χ3n) is 6.17. The van der Waals surface area contributed by atoms with E-state index < -0.39 is 0 Å². The van der Waals surface area contributed by atoms with Crippen molar-refractivity contribution >= 4 is 23.3 Å². The molecule has 0 spiro atoms. The molecule has 32 heavy (non-hydrogen) atoms. The van der Waals surface area contributed by atoms with Gasteiger partial charge in [0.05, 0.1) is 0 Å². The summed E-state index contributed by atoms with van der Waals surface area (Å²) in [5.74, 6) is 1.10. The zero-order chi connectivity index (χ0) is 21.7. The molecule has 3 amide bonds. The molecule has 160 valence electrons. The molecule has 3 aromatic rings. The number of fused-ring (bicyclic) bond motifs is 4. The van der Waals surface area contributed by atoms with E-state index >= 15 is 0 Å². The molecule has 7 heteroatoms. The minimum absolute atomic E-state index is 0.0111. The number of rotatable bonds is 4. The van der Waals surface area contributed by atoms with Crippen molar-refractivity contribution in [2.75, 3.05) is 36.6 Å². The van der Waals surface area contributed by atoms with Crippen LogP contribution in [0.3, 0.4) is 0 Å². The van der Waals surface area contributed by atoms with Crippen LogP contribution in [-0.2, 0) is 11.2 Å². The molecule has 0 radical (unpaired) electrons. The normalized spacial score (nSPS) is 15.7. The minimum atomic E-state index is -0.207. The lowest BCUT2D eigenvalue weighted by Gasteiger charge is -2.19. The first kappa shape index (κ1) is 18.7. The molecular weight excluding hydrogens is 406 g/mol. The van der Waals surface area contributed by atoms with Crippen molar-refractivity contribution in [3.8, 4) is 22.6 Å². The van der Waals surface area contributed by atoms with Crippen LogP contribution in [0.1, 0.15) is 11.1 Å². The molecule has 0 aromatic heterocycles. The largest absolute Gasteiger partial charge is 0.454 e. The summed E-state index contributed by atoms with van der Waals surface area (Å²) in [7, 11) is 0. The van der Waals surface area contributed by atoms with Gasteiger partial charge >= 0.3 is 6.03 Å². The van der Waals surface area contributed by atoms with Gasteiger partial charge in [0, 0.05) is 30.5 Å². The maximum Gasteiger partial charge on any atom is 0.325 e. The van der Waals surface area contributed by atoms with E-state index in [-0.39, 0.29) is 25.3 Å². The van der Waals surface area contributed by atoms with E-state index in [0.29, 0.717) is 24.6 Å². The van der Waals surface area contributed by atoms with Crippen LogP contribution in [0.25, 0.3) is 11.1 Å². The van der Waals surface area contributed by atoms with Crippen LogP contribution in [0.15, 0.2) is 60.7 Å². The molecular formula is C25H21N3O4. The molecule has 0 bridgehead atoms. The molecule has 1 aliphatic carbocycles. The first-order chi connectivity index (χ1) is 15.7. The number of urea groups is 1. The third kappa shape index (κ3) is 3.13. The molecule has 0 atom stereocenters. The van der Waals surface area contributed by atoms with E-state index in [0.717, 1.165) is 17.8 Å². The Bertz CT molecular complexity index is 1260. The van der Waals surface area contributed by atoms with Crippen molar-refractivity contribution in [1.82, 2.24) is 4.90 Å². The van der Waals surface area contributed by atoms with E-state index in [1.165, 1.54) is 22.3 Å². The van der Waals surface area contributed by atoms with Crippen LogP contribution in [0.2, 0.25) is 0 Å². The van der Waals surface area contributed by atoms with Gasteiger partial charge in [0.1, 0.15) is 6.54 Å². The van der Waals surface area contributed by atoms with E-state index in [1.807, 2.05) is 30.3 Å². The van der Waals surface area contributed by atoms with Crippen molar-refractivity contribution in [2.45, 2.75) is 6.42 Å². The molecule has 2 aliphatic heterocycles. The third-order valence-corrected chi connectivity index (χ3v) is 6.17. The fourth-order valence-corrected chi connectivity index (χ4v) is 4.62. The number of ether oxygens (including phenoxy) is 2. The Labute approximate surface area is 185 Å². The highest BCUT2D eigenvalue weighted by Crippen LogP contribution is 2.38. The lowest BCUT2D eigenvalue weighted by Crippen LogP contribution is -2.37. The van der Waals surface area contributed by atoms with Gasteiger partial charge in [-0.1, -0.05) is 30.3 Å². The topological polar surface area (TPSA) is 71.1 Å². The van der Waals surface area contributed by atoms with Gasteiger partial charge in [-0.25, -0.2) is 4.79 Å². The zero-order valence-electron chi connectivity index (χ0n) is 17.3. The Morgan fingerprint density at radius 1 is 0.906 bits per heavy atom. The first-order valence-corrected chi connectivity index (χ1v) is 10.6. The number of nitrogens with one attached hydrogen (secondary N) is 1. The lowest BCUT2D eigenvalue weighted by atomic mass is 10.1. The van der Waals surface area contributed by atoms with Gasteiger partial charge in [0.25, 0.3) is 0 Å². The second kappa shape index (κ2) is 7.30. The molecule has 1 saturated heterocycles. The number of benzene rings is 3. The highest BCUT2D eigenvalue weighted by atomic mass is 16.7. The summed E-state index contributed by atoms with van der Waals surface area (Å²) >= 11 is 0. The van der Waals surface area contributed by atoms with E-state index in [1.54, 1.807) is 21.9 Å². The van der Waals surface area contributed by atoms with Gasteiger partial charge in [0.2, 0.25) is 12.7 Å². The van der Waals surface area contributed by atoms with Crippen molar-refractivity contribution in [3.63, 3.8) is 0 Å². The minimum Gasteiger partial charge on any atom is -0.454 e. The zero-order valence-corrected chi connectivity index (χ0v) is 17.3. The van der Waals surface area contributed by atoms with Gasteiger partial charge in [-0.2, -0.15) is 0 Å². The van der Waals surface area contributed by atoms with E-state index in [9.17, 15) is 9.59 Å². The highest BCUT2D eigenvalue weighted by molar-refractivity contribution is 5.99. The van der Waals surface area contributed by atoms with Crippen molar-refractivity contribution in [1.29, 1.82) is 0 Å². The molecule has 0 unspecified atom stereocenters. The van der Waals surface area contributed by atoms with Crippen molar-refractivity contribution < 1.29 is 19.1 Å². The molecule has 6 rings (SSSR count). The number of amides is 3. The SMILES string of the molecule is O=C(CN1CCN(c2ccc3c(c2)OCO3)C1=O)Nc1ccc2c(c1)Cc1ccccc1-2. The molecule has 3 aliphatic rings.